The Morgan fingerprint density at radius 1 is 1.29 bits per heavy atom. The normalized spacial score (nSPS) is 24.7. The van der Waals surface area contributed by atoms with Crippen molar-refractivity contribution in [1.82, 2.24) is 10.1 Å². The number of amides is 2. The molecule has 0 spiro atoms. The van der Waals surface area contributed by atoms with Crippen LogP contribution in [0.2, 0.25) is 12.6 Å². The van der Waals surface area contributed by atoms with Gasteiger partial charge in [0, 0.05) is 6.42 Å². The molecule has 2 aliphatic rings. The van der Waals surface area contributed by atoms with Gasteiger partial charge in [-0.25, -0.2) is 4.79 Å². The van der Waals surface area contributed by atoms with Crippen molar-refractivity contribution in [2.75, 3.05) is 0 Å². The van der Waals surface area contributed by atoms with Crippen molar-refractivity contribution >= 4 is 24.8 Å². The molecule has 0 radical (unpaired) electrons. The zero-order chi connectivity index (χ0) is 20.5. The maximum absolute atomic E-state index is 13.5. The van der Waals surface area contributed by atoms with E-state index in [9.17, 15) is 19.5 Å². The Morgan fingerprint density at radius 2 is 1.96 bits per heavy atom. The molecule has 2 N–H and O–H groups in total. The number of rotatable bonds is 4. The zero-order valence-electron chi connectivity index (χ0n) is 16.6. The Hall–Kier alpha value is -2.51. The molecule has 1 aromatic rings. The molecule has 0 aliphatic carbocycles. The van der Waals surface area contributed by atoms with Crippen LogP contribution in [0.25, 0.3) is 0 Å². The lowest BCUT2D eigenvalue weighted by atomic mass is 9.51. The fraction of sp³-hybridized carbons (Fsp3) is 0.550. The Kier molecular flexibility index (Phi) is 5.41. The predicted molar refractivity (Wildman–Crippen MR) is 105 cm³/mol. The first-order valence-corrected chi connectivity index (χ1v) is 9.72. The zero-order valence-corrected chi connectivity index (χ0v) is 16.6. The molecule has 2 amide bonds. The van der Waals surface area contributed by atoms with E-state index in [1.165, 1.54) is 4.81 Å². The summed E-state index contributed by atoms with van der Waals surface area (Å²) in [4.78, 5) is 39.3. The van der Waals surface area contributed by atoms with Gasteiger partial charge in [-0.1, -0.05) is 43.0 Å². The quantitative estimate of drug-likeness (QED) is 0.776. The molecular weight excluding hydrogens is 359 g/mol. The van der Waals surface area contributed by atoms with Gasteiger partial charge in [0.1, 0.15) is 17.2 Å². The highest BCUT2D eigenvalue weighted by Crippen LogP contribution is 2.37. The summed E-state index contributed by atoms with van der Waals surface area (Å²) in [7, 11) is 0. The van der Waals surface area contributed by atoms with Crippen LogP contribution in [0.1, 0.15) is 39.2 Å². The summed E-state index contributed by atoms with van der Waals surface area (Å²) in [6.07, 6.45) is 1.85. The second-order valence-electron chi connectivity index (χ2n) is 8.71. The topological polar surface area (TPSA) is 95.9 Å². The predicted octanol–water partition coefficient (Wildman–Crippen LogP) is 2.57. The summed E-state index contributed by atoms with van der Waals surface area (Å²) in [5, 5.41) is 12.4. The monoisotopic (exact) mass is 386 g/mol. The Morgan fingerprint density at radius 3 is 2.57 bits per heavy atom. The number of carbonyl (C=O) groups is 3. The van der Waals surface area contributed by atoms with Crippen molar-refractivity contribution in [2.24, 2.45) is 0 Å². The van der Waals surface area contributed by atoms with E-state index in [-0.39, 0.29) is 12.8 Å². The van der Waals surface area contributed by atoms with E-state index in [1.54, 1.807) is 20.8 Å². The number of aliphatic carboxylic acids is 1. The van der Waals surface area contributed by atoms with Gasteiger partial charge < -0.3 is 20.0 Å². The lowest BCUT2D eigenvalue weighted by Gasteiger charge is -2.44. The number of nitrogens with one attached hydrogen (secondary N) is 1. The lowest BCUT2D eigenvalue weighted by molar-refractivity contribution is -0.148. The minimum absolute atomic E-state index is 0.0852. The van der Waals surface area contributed by atoms with Gasteiger partial charge in [-0.05, 0) is 39.2 Å². The fourth-order valence-corrected chi connectivity index (χ4v) is 4.25. The minimum atomic E-state index is -1.21. The van der Waals surface area contributed by atoms with Crippen LogP contribution in [-0.2, 0) is 20.7 Å². The highest BCUT2D eigenvalue weighted by Gasteiger charge is 2.55. The molecule has 28 heavy (non-hydrogen) atoms. The Labute approximate surface area is 165 Å². The first-order valence-electron chi connectivity index (χ1n) is 9.72. The molecule has 8 heteroatoms. The third-order valence-electron chi connectivity index (χ3n) is 5.42. The summed E-state index contributed by atoms with van der Waals surface area (Å²) in [5.41, 5.74) is -1.01. The molecular formula is C20H27BN2O5. The van der Waals surface area contributed by atoms with Crippen LogP contribution in [0.5, 0.6) is 0 Å². The summed E-state index contributed by atoms with van der Waals surface area (Å²) >= 11 is 0. The number of carboxylic acid groups (broad SMARTS) is 1. The molecule has 2 heterocycles. The maximum Gasteiger partial charge on any atom is 0.408 e. The molecule has 0 bridgehead atoms. The van der Waals surface area contributed by atoms with E-state index < -0.39 is 29.2 Å². The first-order chi connectivity index (χ1) is 13.1. The van der Waals surface area contributed by atoms with Crippen LogP contribution in [0.15, 0.2) is 30.3 Å². The lowest BCUT2D eigenvalue weighted by Crippen LogP contribution is -2.68. The Balaban J connectivity index is 1.92. The number of alkyl carbamates (subject to hydrolysis) is 1. The second-order valence-corrected chi connectivity index (χ2v) is 8.71. The molecule has 0 aromatic heterocycles. The highest BCUT2D eigenvalue weighted by molar-refractivity contribution is 6.61. The van der Waals surface area contributed by atoms with Gasteiger partial charge in [0.2, 0.25) is 5.91 Å². The van der Waals surface area contributed by atoms with Crippen LogP contribution >= 0.6 is 0 Å². The van der Waals surface area contributed by atoms with Crippen molar-refractivity contribution in [2.45, 2.75) is 69.9 Å². The van der Waals surface area contributed by atoms with Crippen molar-refractivity contribution < 1.29 is 24.2 Å². The number of nitrogens with zero attached hydrogens (tertiary/aromatic N) is 1. The number of benzene rings is 1. The van der Waals surface area contributed by atoms with Gasteiger partial charge in [-0.15, -0.1) is 0 Å². The SMILES string of the molecule is CC(C)(C)OC(=O)NC1(Cc2ccccc2)CCB2CCC(C(=O)O)N2C1=O. The number of ether oxygens (including phenoxy) is 1. The summed E-state index contributed by atoms with van der Waals surface area (Å²) in [6.45, 7) is 5.19. The summed E-state index contributed by atoms with van der Waals surface area (Å²) in [5.74, 6) is -1.33. The maximum atomic E-state index is 13.5. The molecule has 1 aromatic carbocycles. The molecule has 2 atom stereocenters. The van der Waals surface area contributed by atoms with Gasteiger partial charge >= 0.3 is 12.1 Å². The number of carbonyl (C=O) groups excluding carboxylic acids is 2. The van der Waals surface area contributed by atoms with E-state index in [2.05, 4.69) is 5.32 Å². The molecule has 2 saturated heterocycles. The third-order valence-corrected chi connectivity index (χ3v) is 5.42. The molecule has 3 rings (SSSR count). The van der Waals surface area contributed by atoms with E-state index in [4.69, 9.17) is 4.74 Å². The van der Waals surface area contributed by atoms with Crippen molar-refractivity contribution in [3.05, 3.63) is 35.9 Å². The van der Waals surface area contributed by atoms with Crippen LogP contribution in [-0.4, -0.2) is 51.9 Å². The van der Waals surface area contributed by atoms with E-state index >= 15 is 0 Å². The van der Waals surface area contributed by atoms with Crippen LogP contribution in [0, 0.1) is 0 Å². The highest BCUT2D eigenvalue weighted by atomic mass is 16.6. The van der Waals surface area contributed by atoms with Crippen molar-refractivity contribution in [3.8, 4) is 0 Å². The van der Waals surface area contributed by atoms with Gasteiger partial charge in [0.25, 0.3) is 6.85 Å². The average Bonchev–Trinajstić information content (AvgIpc) is 3.02. The number of hydrogen-bond acceptors (Lipinski definition) is 4. The molecule has 2 unspecified atom stereocenters. The molecule has 2 fully saturated rings. The standard InChI is InChI=1S/C20H27BN2O5/c1-19(2,3)28-18(27)22-20(13-14-7-5-4-6-8-14)10-12-21-11-9-15(16(24)25)23(21)17(20)26/h4-8,15H,9-13H2,1-3H3,(H,22,27)(H,24,25). The third kappa shape index (κ3) is 4.15. The van der Waals surface area contributed by atoms with Crippen molar-refractivity contribution in [3.63, 3.8) is 0 Å². The van der Waals surface area contributed by atoms with Gasteiger partial charge in [0.05, 0.1) is 0 Å². The Bertz CT molecular complexity index is 764. The van der Waals surface area contributed by atoms with Gasteiger partial charge in [-0.2, -0.15) is 0 Å². The second kappa shape index (κ2) is 7.49. The molecule has 150 valence electrons. The first kappa shape index (κ1) is 20.2. The van der Waals surface area contributed by atoms with E-state index in [0.29, 0.717) is 31.9 Å². The summed E-state index contributed by atoms with van der Waals surface area (Å²) in [6, 6.07) is 8.60. The van der Waals surface area contributed by atoms with E-state index in [1.807, 2.05) is 30.3 Å². The number of fused-ring (bicyclic) bond motifs is 1. The average molecular weight is 386 g/mol. The number of hydrogen-bond donors (Lipinski definition) is 2. The number of carboxylic acids is 1. The molecule has 0 saturated carbocycles. The summed E-state index contributed by atoms with van der Waals surface area (Å²) < 4.78 is 5.40. The smallest absolute Gasteiger partial charge is 0.408 e. The largest absolute Gasteiger partial charge is 0.480 e. The van der Waals surface area contributed by atoms with E-state index in [0.717, 1.165) is 5.56 Å². The minimum Gasteiger partial charge on any atom is -0.480 e. The van der Waals surface area contributed by atoms with Crippen LogP contribution < -0.4 is 5.32 Å². The van der Waals surface area contributed by atoms with Gasteiger partial charge in [0.15, 0.2) is 0 Å². The van der Waals surface area contributed by atoms with Crippen LogP contribution in [0.3, 0.4) is 0 Å². The van der Waals surface area contributed by atoms with Crippen LogP contribution in [0.4, 0.5) is 4.79 Å². The van der Waals surface area contributed by atoms with Crippen molar-refractivity contribution in [1.29, 1.82) is 0 Å². The fourth-order valence-electron chi connectivity index (χ4n) is 4.25. The molecule has 2 aliphatic heterocycles. The van der Waals surface area contributed by atoms with Gasteiger partial charge in [-0.3, -0.25) is 9.59 Å². The molecule has 7 nitrogen and oxygen atoms in total.